The maximum atomic E-state index is 9.25. The second-order valence-electron chi connectivity index (χ2n) is 31.0. The van der Waals surface area contributed by atoms with Crippen LogP contribution in [0.25, 0.3) is 0 Å². The van der Waals surface area contributed by atoms with Crippen LogP contribution in [-0.2, 0) is 104 Å². The number of rotatable bonds is 55. The highest BCUT2D eigenvalue weighted by Gasteiger charge is 2.37. The molecule has 0 spiro atoms. The number of hydrogen-bond acceptors (Lipinski definition) is 33. The van der Waals surface area contributed by atoms with Gasteiger partial charge >= 0.3 is 42.8 Å². The van der Waals surface area contributed by atoms with Crippen LogP contribution >= 0.6 is 65.8 Å². The van der Waals surface area contributed by atoms with Gasteiger partial charge in [-0.1, -0.05) is 99.8 Å². The van der Waals surface area contributed by atoms with Gasteiger partial charge in [-0.2, -0.15) is 61.0 Å². The van der Waals surface area contributed by atoms with E-state index >= 15 is 0 Å². The second kappa shape index (κ2) is 110. The van der Waals surface area contributed by atoms with Crippen LogP contribution in [0.2, 0.25) is 120 Å². The normalized spacial score (nSPS) is 11.6. The molecule has 0 saturated heterocycles. The van der Waals surface area contributed by atoms with Gasteiger partial charge in [0.25, 0.3) is 0 Å². The van der Waals surface area contributed by atoms with E-state index in [1.54, 1.807) is 76.9 Å². The molecule has 0 amide bonds. The zero-order chi connectivity index (χ0) is 106. The first kappa shape index (κ1) is 157. The minimum atomic E-state index is -2.38. The highest BCUT2D eigenvalue weighted by atomic mass is 32.4. The summed E-state index contributed by atoms with van der Waals surface area (Å²) < 4.78 is 88.6. The number of pyridine rings is 1. The maximum absolute atomic E-state index is 9.25. The standard InChI is InChI=1S/C19H27O2PSi.C10H17NO3Si.C9H19NO2Si.C7H15NOSi.C7H19NOSi.C6H17NO3Si.C6H16O3SSi.C6H16O2SSi.2C5H14OSSi.C3H7PS.4CH2O.CH4/c1-4-20-23(3,21-5-2)17-16-22(18-12-8-6-9-13-18)19-14-10-7-11-15-19;1-13-15(9-12,14-2)8-6-10-5-3-4-7-11-10;1-4-11-13(3,12-5-2)9-7-6-8-10;1-9-10(2,3)7-5-4-6-8;1-4-9-10(2,3)7-5-6-8;1-9-11(6-8,10-2)5-3-4-7;1-8-11(6-7,9-2)5-3-4-10;1-8-10(2,6-7)5-3-4-9;2*1-4-6-8(2,3)5-7;1-3(2)4-5;4*1-2;/h6-15H,4-5,16-17H2,1-3H3;3-5,7,12H,6,8-9H2,1-2H3;4-7,9H2,1-3H3;4-5,7H2,1-3H3;4-8H2,1-3H3;8H,3-7H2,1-2H3;7,10H,3-6H2,1-2H3;7,9H,3-6H2,1-2H3;2*7H,4-5H2,1-3H3;3H,1-2H3;4*1H2;1H4/i;;;;;;;;;;3D;;;;;. The van der Waals surface area contributed by atoms with Crippen LogP contribution in [0, 0.1) is 22.7 Å². The summed E-state index contributed by atoms with van der Waals surface area (Å²) in [6, 6.07) is 39.3. The number of benzene rings is 2. The summed E-state index contributed by atoms with van der Waals surface area (Å²) in [5.41, 5.74) is 11.3. The number of nitriles is 2. The van der Waals surface area contributed by atoms with Crippen molar-refractivity contribution in [3.63, 3.8) is 0 Å². The molecule has 1 unspecified atom stereocenters. The number of aromatic nitrogens is 1. The van der Waals surface area contributed by atoms with Crippen molar-refractivity contribution < 1.29 is 107 Å². The molecule has 0 radical (unpaired) electrons. The summed E-state index contributed by atoms with van der Waals surface area (Å²) in [6.07, 6.45) is 10.9. The largest absolute Gasteiger partial charge is 0.420 e. The summed E-state index contributed by atoms with van der Waals surface area (Å²) in [6.45, 7) is 56.4. The Labute approximate surface area is 853 Å². The summed E-state index contributed by atoms with van der Waals surface area (Å²) in [5.74, 6) is 1.69. The van der Waals surface area contributed by atoms with Gasteiger partial charge in [-0.25, -0.2) is 0 Å². The van der Waals surface area contributed by atoms with Gasteiger partial charge in [-0.15, -0.1) is 0 Å². The summed E-state index contributed by atoms with van der Waals surface area (Å²) in [5, 5.41) is 57.5. The number of hydrogen-bond donors (Lipinski definition) is 10. The van der Waals surface area contributed by atoms with Crippen molar-refractivity contribution in [1.29, 1.82) is 10.5 Å². The van der Waals surface area contributed by atoms with Gasteiger partial charge in [0.15, 0.2) is 33.3 Å². The first-order chi connectivity index (χ1) is 62.8. The monoisotopic (exact) mass is 2190 g/mol. The van der Waals surface area contributed by atoms with Gasteiger partial charge in [0.05, 0.1) is 37.1 Å². The fourth-order valence-corrected chi connectivity index (χ4v) is 31.7. The molecule has 0 aliphatic carbocycles. The highest BCUT2D eigenvalue weighted by molar-refractivity contribution is 7.96. The molecule has 1 atom stereocenters. The Balaban J connectivity index is -0.000000110. The number of aliphatic hydroxyl groups excluding tert-OH is 4. The van der Waals surface area contributed by atoms with Crippen LogP contribution in [0.3, 0.4) is 0 Å². The molecule has 2 aromatic carbocycles. The van der Waals surface area contributed by atoms with Crippen molar-refractivity contribution in [2.24, 2.45) is 11.5 Å². The van der Waals surface area contributed by atoms with Crippen molar-refractivity contribution in [3.05, 3.63) is 90.8 Å². The summed E-state index contributed by atoms with van der Waals surface area (Å²) >= 11 is 21.1. The van der Waals surface area contributed by atoms with E-state index in [1.807, 2.05) is 79.6 Å². The summed E-state index contributed by atoms with van der Waals surface area (Å²) in [4.78, 5) is 36.2. The first-order valence-corrected chi connectivity index (χ1v) is 77.5. The van der Waals surface area contributed by atoms with E-state index in [0.29, 0.717) is 38.6 Å². The number of unbranched alkanes of at least 4 members (excludes halogenated alkanes) is 2. The van der Waals surface area contributed by atoms with Gasteiger partial charge in [0.2, 0.25) is 8.32 Å². The topological polar surface area (TPSA) is 400 Å². The minimum absolute atomic E-state index is 0. The lowest BCUT2D eigenvalue weighted by atomic mass is 10.3. The van der Waals surface area contributed by atoms with Gasteiger partial charge in [-0.05, 0) is 283 Å². The van der Waals surface area contributed by atoms with E-state index < -0.39 is 90.0 Å². The van der Waals surface area contributed by atoms with Crippen molar-refractivity contribution in [2.75, 3.05) is 170 Å². The first-order valence-electron chi connectivity index (χ1n) is 45.0. The van der Waals surface area contributed by atoms with E-state index in [-0.39, 0.29) is 40.3 Å². The molecule has 3 aromatic rings. The van der Waals surface area contributed by atoms with Gasteiger partial charge < -0.3 is 117 Å². The number of thiol groups is 4. The molecule has 28 nitrogen and oxygen atoms in total. The molecular formula is C88H193N5O23P2S5Si10. The smallest absolute Gasteiger partial charge is 0.364 e. The van der Waals surface area contributed by atoms with Crippen LogP contribution in [0.5, 0.6) is 0 Å². The van der Waals surface area contributed by atoms with E-state index in [2.05, 4.69) is 226 Å². The van der Waals surface area contributed by atoms with Crippen LogP contribution in [0.15, 0.2) is 85.1 Å². The number of carbonyl (C=O) groups is 4. The highest BCUT2D eigenvalue weighted by Crippen LogP contribution is 2.37. The Kier molecular flexibility index (Phi) is 130. The molecule has 3 rings (SSSR count). The molecule has 45 heteroatoms. The predicted molar refractivity (Wildman–Crippen MR) is 604 cm³/mol. The van der Waals surface area contributed by atoms with Gasteiger partial charge in [0.1, 0.15) is 27.2 Å². The number of aliphatic hydroxyl groups is 4. The predicted octanol–water partition coefficient (Wildman–Crippen LogP) is 17.6. The average Bonchev–Trinajstić information content (AvgIpc) is 0.836. The molecule has 1 aromatic heterocycles. The molecular weight excluding hydrogens is 2000 g/mol. The molecule has 0 aliphatic rings. The lowest BCUT2D eigenvalue weighted by Gasteiger charge is -2.28. The Morgan fingerprint density at radius 2 is 0.737 bits per heavy atom. The molecule has 1 heterocycles. The van der Waals surface area contributed by atoms with E-state index in [1.165, 1.54) is 16.7 Å². The molecule has 0 saturated carbocycles. The van der Waals surface area contributed by atoms with Crippen molar-refractivity contribution in [3.8, 4) is 12.1 Å². The molecule has 0 bridgehead atoms. The van der Waals surface area contributed by atoms with E-state index in [0.717, 1.165) is 162 Å². The maximum Gasteiger partial charge on any atom is 0.364 e. The Bertz CT molecular complexity index is 2880. The zero-order valence-corrected chi connectivity index (χ0v) is 103. The second-order valence-corrected chi connectivity index (χ2v) is 75.9. The number of nitrogens with zero attached hydrogens (tertiary/aromatic N) is 3. The number of carbonyl (C=O) groups excluding carboxylic acids is 4. The van der Waals surface area contributed by atoms with Crippen LogP contribution in [0.4, 0.5) is 0 Å². The Morgan fingerprint density at radius 1 is 0.429 bits per heavy atom. The fourth-order valence-electron chi connectivity index (χ4n) is 10.3. The third kappa shape index (κ3) is 101. The molecule has 0 fully saturated rings. The van der Waals surface area contributed by atoms with Crippen molar-refractivity contribution in [1.82, 2.24) is 4.98 Å². The van der Waals surface area contributed by atoms with Gasteiger partial charge in [0, 0.05) is 146 Å². The molecule has 0 aliphatic heterocycles. The third-order valence-electron chi connectivity index (χ3n) is 18.4. The zero-order valence-electron chi connectivity index (χ0n) is 87.8. The van der Waals surface area contributed by atoms with Crippen LogP contribution in [-0.4, -0.2) is 312 Å². The number of nitrogens with two attached hydrogens (primary N) is 2. The lowest BCUT2D eigenvalue weighted by Crippen LogP contribution is -2.45. The van der Waals surface area contributed by atoms with Gasteiger partial charge in [-0.3, -0.25) is 4.98 Å². The molecule has 788 valence electrons. The van der Waals surface area contributed by atoms with E-state index in [9.17, 15) is 5.11 Å². The minimum Gasteiger partial charge on any atom is -0.420 e. The third-order valence-corrected chi connectivity index (χ3v) is 55.2. The molecule has 8 N–H and O–H groups in total. The van der Waals surface area contributed by atoms with Crippen molar-refractivity contribution >= 4 is 200 Å². The van der Waals surface area contributed by atoms with Crippen molar-refractivity contribution in [2.45, 2.75) is 254 Å². The van der Waals surface area contributed by atoms with Crippen LogP contribution in [0.1, 0.15) is 128 Å². The Morgan fingerprint density at radius 3 is 1.01 bits per heavy atom. The SMILES string of the molecule is C.C=O.C=O.C=O.C=O.CCO[Si](C)(C)CCCN.CCO[Si](C)(C)CS.CCO[Si](C)(C)CS.CCO[Si](C)(CCCC#N)OCC.CCO[Si](C)(CCP(c1ccccc1)c1ccccc1)OCC.CO[Si](C)(C)CCCC#N.CO[Si](C)(CO)CCCS.CO[Si](CO)(CCCN)OC.CO[Si](CO)(CCCS)OC.CO[Si](CO)(CCc1ccccn1)OC.[2H]C(C)(C)P=S. The lowest BCUT2D eigenvalue weighted by molar-refractivity contribution is -0.0987. The fraction of sp³-hybridized carbons (Fsp3) is 0.739. The quantitative estimate of drug-likeness (QED) is 0.0109. The molecule has 133 heavy (non-hydrogen) atoms. The Hall–Kier alpha value is -1.07. The van der Waals surface area contributed by atoms with E-state index in [4.69, 9.17) is 124 Å². The summed E-state index contributed by atoms with van der Waals surface area (Å²) in [7, 11) is -4.59. The van der Waals surface area contributed by atoms with Crippen LogP contribution < -0.4 is 22.1 Å². The number of aryl methyl sites for hydroxylation is 1. The average molecular weight is 2190 g/mol.